The third-order valence-electron chi connectivity index (χ3n) is 1.99. The first-order chi connectivity index (χ1) is 8.24. The molecule has 0 saturated heterocycles. The van der Waals surface area contributed by atoms with E-state index < -0.39 is 24.9 Å². The van der Waals surface area contributed by atoms with Crippen molar-refractivity contribution in [1.82, 2.24) is 4.98 Å². The lowest BCUT2D eigenvalue weighted by Gasteiger charge is -2.16. The van der Waals surface area contributed by atoms with Gasteiger partial charge in [0.05, 0.1) is 24.0 Å². The molecule has 0 aromatic carbocycles. The number of nitrogens with two attached hydrogens (primary N) is 1. The lowest BCUT2D eigenvalue weighted by Crippen LogP contribution is -2.35. The zero-order chi connectivity index (χ0) is 13.9. The first-order valence-corrected chi connectivity index (χ1v) is 4.62. The maximum Gasteiger partial charge on any atom is 0.337 e. The van der Waals surface area contributed by atoms with Crippen LogP contribution in [0.5, 0.6) is 0 Å². The lowest BCUT2D eigenvalue weighted by atomic mass is 10.2. The number of aromatic nitrogens is 1. The van der Waals surface area contributed by atoms with Crippen molar-refractivity contribution in [2.45, 2.75) is 12.3 Å². The Labute approximate surface area is 98.6 Å². The van der Waals surface area contributed by atoms with Gasteiger partial charge in [0.15, 0.2) is 0 Å². The SMILES string of the molecule is Nc1cnc(NCC(F)(F)C(F)F)cc1C(=O)O. The summed E-state index contributed by atoms with van der Waals surface area (Å²) in [6.07, 6.45) is -2.88. The van der Waals surface area contributed by atoms with Gasteiger partial charge in [-0.25, -0.2) is 18.6 Å². The molecule has 1 aromatic rings. The molecule has 1 rings (SSSR count). The molecule has 0 aliphatic heterocycles. The van der Waals surface area contributed by atoms with Crippen molar-refractivity contribution in [3.63, 3.8) is 0 Å². The lowest BCUT2D eigenvalue weighted by molar-refractivity contribution is -0.117. The van der Waals surface area contributed by atoms with Crippen LogP contribution in [0.25, 0.3) is 0 Å². The van der Waals surface area contributed by atoms with Crippen LogP contribution >= 0.6 is 0 Å². The Morgan fingerprint density at radius 2 is 2.17 bits per heavy atom. The highest BCUT2D eigenvalue weighted by molar-refractivity contribution is 5.94. The van der Waals surface area contributed by atoms with Crippen molar-refractivity contribution < 1.29 is 27.5 Å². The number of halogens is 4. The highest BCUT2D eigenvalue weighted by Crippen LogP contribution is 2.23. The molecule has 0 atom stereocenters. The molecule has 9 heteroatoms. The molecule has 1 heterocycles. The number of aromatic carboxylic acids is 1. The molecule has 0 saturated carbocycles. The fourth-order valence-electron chi connectivity index (χ4n) is 1.03. The summed E-state index contributed by atoms with van der Waals surface area (Å²) in [6, 6.07) is 0.888. The minimum Gasteiger partial charge on any atom is -0.478 e. The van der Waals surface area contributed by atoms with Gasteiger partial charge in [0.25, 0.3) is 0 Å². The second-order valence-electron chi connectivity index (χ2n) is 3.38. The second kappa shape index (κ2) is 5.07. The average molecular weight is 267 g/mol. The largest absolute Gasteiger partial charge is 0.478 e. The van der Waals surface area contributed by atoms with E-state index in [4.69, 9.17) is 10.8 Å². The van der Waals surface area contributed by atoms with E-state index in [0.717, 1.165) is 12.3 Å². The predicted octanol–water partition coefficient (Wildman–Crippen LogP) is 1.67. The molecule has 5 nitrogen and oxygen atoms in total. The van der Waals surface area contributed by atoms with Crippen LogP contribution in [0.15, 0.2) is 12.3 Å². The van der Waals surface area contributed by atoms with Gasteiger partial charge in [-0.2, -0.15) is 8.78 Å². The maximum absolute atomic E-state index is 12.6. The van der Waals surface area contributed by atoms with Gasteiger partial charge in [-0.3, -0.25) is 0 Å². The van der Waals surface area contributed by atoms with E-state index in [1.165, 1.54) is 0 Å². The van der Waals surface area contributed by atoms with E-state index in [0.29, 0.717) is 0 Å². The Hall–Kier alpha value is -2.06. The zero-order valence-corrected chi connectivity index (χ0v) is 8.83. The van der Waals surface area contributed by atoms with E-state index in [2.05, 4.69) is 4.98 Å². The van der Waals surface area contributed by atoms with Gasteiger partial charge in [-0.05, 0) is 6.07 Å². The fraction of sp³-hybridized carbons (Fsp3) is 0.333. The molecule has 0 bridgehead atoms. The van der Waals surface area contributed by atoms with Gasteiger partial charge in [0, 0.05) is 0 Å². The standard InChI is InChI=1S/C9H9F4N3O2/c10-8(11)9(12,13)3-16-6-1-4(7(17)18)5(14)2-15-6/h1-2,8H,3,14H2,(H,15,16)(H,17,18). The normalized spacial score (nSPS) is 11.6. The van der Waals surface area contributed by atoms with Crippen molar-refractivity contribution in [2.24, 2.45) is 0 Å². The summed E-state index contributed by atoms with van der Waals surface area (Å²) < 4.78 is 48.9. The summed E-state index contributed by atoms with van der Waals surface area (Å²) >= 11 is 0. The summed E-state index contributed by atoms with van der Waals surface area (Å²) in [5, 5.41) is 10.6. The van der Waals surface area contributed by atoms with Crippen LogP contribution in [0.3, 0.4) is 0 Å². The van der Waals surface area contributed by atoms with Gasteiger partial charge < -0.3 is 16.2 Å². The smallest absolute Gasteiger partial charge is 0.337 e. The third kappa shape index (κ3) is 3.22. The topological polar surface area (TPSA) is 88.2 Å². The summed E-state index contributed by atoms with van der Waals surface area (Å²) in [4.78, 5) is 14.2. The Balaban J connectivity index is 2.81. The molecule has 0 unspecified atom stereocenters. The number of hydrogen-bond acceptors (Lipinski definition) is 4. The van der Waals surface area contributed by atoms with Gasteiger partial charge >= 0.3 is 18.3 Å². The summed E-state index contributed by atoms with van der Waals surface area (Å²) in [6.45, 7) is -1.36. The Kier molecular flexibility index (Phi) is 3.94. The van der Waals surface area contributed by atoms with E-state index in [1.807, 2.05) is 5.32 Å². The van der Waals surface area contributed by atoms with Crippen LogP contribution < -0.4 is 11.1 Å². The molecule has 0 radical (unpaired) electrons. The van der Waals surface area contributed by atoms with E-state index in [1.54, 1.807) is 0 Å². The Morgan fingerprint density at radius 1 is 1.56 bits per heavy atom. The molecule has 0 aliphatic rings. The highest BCUT2D eigenvalue weighted by atomic mass is 19.3. The first kappa shape index (κ1) is 14.0. The molecule has 18 heavy (non-hydrogen) atoms. The molecule has 0 fully saturated rings. The number of alkyl halides is 4. The predicted molar refractivity (Wildman–Crippen MR) is 55.0 cm³/mol. The molecule has 0 amide bonds. The average Bonchev–Trinajstić information content (AvgIpc) is 2.27. The monoisotopic (exact) mass is 267 g/mol. The molecular weight excluding hydrogens is 258 g/mol. The first-order valence-electron chi connectivity index (χ1n) is 4.62. The summed E-state index contributed by atoms with van der Waals surface area (Å²) in [7, 11) is 0. The number of pyridine rings is 1. The van der Waals surface area contributed by atoms with Crippen molar-refractivity contribution in [3.05, 3.63) is 17.8 Å². The number of nitrogen functional groups attached to an aromatic ring is 1. The summed E-state index contributed by atoms with van der Waals surface area (Å²) in [5.74, 6) is -5.88. The van der Waals surface area contributed by atoms with Crippen LogP contribution in [-0.4, -0.2) is 35.0 Å². The number of nitrogens with one attached hydrogen (secondary N) is 1. The van der Waals surface area contributed by atoms with Crippen molar-refractivity contribution in [2.75, 3.05) is 17.6 Å². The Bertz CT molecular complexity index is 453. The number of rotatable bonds is 5. The molecule has 4 N–H and O–H groups in total. The zero-order valence-electron chi connectivity index (χ0n) is 8.83. The highest BCUT2D eigenvalue weighted by Gasteiger charge is 2.40. The molecule has 100 valence electrons. The van der Waals surface area contributed by atoms with Crippen LogP contribution in [-0.2, 0) is 0 Å². The molecular formula is C9H9F4N3O2. The number of nitrogens with zero attached hydrogens (tertiary/aromatic N) is 1. The van der Waals surface area contributed by atoms with Crippen LogP contribution in [0.4, 0.5) is 29.1 Å². The van der Waals surface area contributed by atoms with Gasteiger partial charge in [0.1, 0.15) is 5.82 Å². The van der Waals surface area contributed by atoms with Crippen molar-refractivity contribution in [1.29, 1.82) is 0 Å². The van der Waals surface area contributed by atoms with Crippen LogP contribution in [0.1, 0.15) is 10.4 Å². The minimum absolute atomic E-state index is 0.159. The maximum atomic E-state index is 12.6. The van der Waals surface area contributed by atoms with Gasteiger partial charge in [-0.15, -0.1) is 0 Å². The van der Waals surface area contributed by atoms with Gasteiger partial charge in [-0.1, -0.05) is 0 Å². The third-order valence-corrected chi connectivity index (χ3v) is 1.99. The fourth-order valence-corrected chi connectivity index (χ4v) is 1.03. The number of carbonyl (C=O) groups is 1. The minimum atomic E-state index is -4.23. The quantitative estimate of drug-likeness (QED) is 0.706. The molecule has 1 aromatic heterocycles. The number of anilines is 2. The van der Waals surface area contributed by atoms with E-state index in [-0.39, 0.29) is 17.1 Å². The number of carboxylic acids is 1. The number of hydrogen-bond donors (Lipinski definition) is 3. The molecule has 0 aliphatic carbocycles. The van der Waals surface area contributed by atoms with Crippen LogP contribution in [0, 0.1) is 0 Å². The summed E-state index contributed by atoms with van der Waals surface area (Å²) in [5.41, 5.74) is 4.77. The molecule has 0 spiro atoms. The van der Waals surface area contributed by atoms with Crippen molar-refractivity contribution in [3.8, 4) is 0 Å². The second-order valence-corrected chi connectivity index (χ2v) is 3.38. The van der Waals surface area contributed by atoms with Crippen molar-refractivity contribution >= 4 is 17.5 Å². The van der Waals surface area contributed by atoms with E-state index in [9.17, 15) is 22.4 Å². The van der Waals surface area contributed by atoms with Crippen LogP contribution in [0.2, 0.25) is 0 Å². The Morgan fingerprint density at radius 3 is 2.67 bits per heavy atom. The van der Waals surface area contributed by atoms with E-state index >= 15 is 0 Å². The van der Waals surface area contributed by atoms with Gasteiger partial charge in [0.2, 0.25) is 0 Å². The number of carboxylic acid groups (broad SMARTS) is 1.